The molecule has 0 saturated carbocycles. The molecule has 1 unspecified atom stereocenters. The van der Waals surface area contributed by atoms with E-state index in [4.69, 9.17) is 0 Å². The van der Waals surface area contributed by atoms with E-state index in [9.17, 15) is 30.8 Å². The van der Waals surface area contributed by atoms with Crippen LogP contribution in [0.3, 0.4) is 0 Å². The molecule has 1 heterocycles. The highest BCUT2D eigenvalue weighted by atomic mass is 32.2. The normalized spacial score (nSPS) is 16.6. The van der Waals surface area contributed by atoms with Crippen molar-refractivity contribution in [2.75, 3.05) is 31.1 Å². The monoisotopic (exact) mass is 489 g/mol. The highest BCUT2D eigenvalue weighted by Gasteiger charge is 2.31. The minimum absolute atomic E-state index is 0.0944. The summed E-state index contributed by atoms with van der Waals surface area (Å²) in [7, 11) is -3.99. The molecule has 0 aliphatic carbocycles. The zero-order valence-electron chi connectivity index (χ0n) is 17.4. The molecule has 1 aliphatic heterocycles. The first-order valence-corrected chi connectivity index (χ1v) is 11.6. The third-order valence-corrected chi connectivity index (χ3v) is 6.55. The van der Waals surface area contributed by atoms with Crippen LogP contribution in [0.15, 0.2) is 53.4 Å². The number of halogens is 4. The summed E-state index contributed by atoms with van der Waals surface area (Å²) >= 11 is 0. The predicted molar refractivity (Wildman–Crippen MR) is 113 cm³/mol. The molecule has 1 amide bonds. The molecule has 12 heteroatoms. The Labute approximate surface area is 188 Å². The fourth-order valence-electron chi connectivity index (χ4n) is 3.43. The Morgan fingerprint density at radius 1 is 1.09 bits per heavy atom. The molecule has 0 aromatic heterocycles. The molecule has 2 N–H and O–H groups in total. The minimum atomic E-state index is -4.87. The van der Waals surface area contributed by atoms with Gasteiger partial charge in [-0.25, -0.2) is 17.5 Å². The second kappa shape index (κ2) is 10.4. The number of rotatable bonds is 9. The van der Waals surface area contributed by atoms with Gasteiger partial charge < -0.3 is 15.0 Å². The molecule has 2 aromatic carbocycles. The van der Waals surface area contributed by atoms with Gasteiger partial charge >= 0.3 is 6.36 Å². The Bertz CT molecular complexity index is 1040. The van der Waals surface area contributed by atoms with Crippen LogP contribution < -0.4 is 19.7 Å². The Morgan fingerprint density at radius 2 is 1.76 bits per heavy atom. The zero-order chi connectivity index (χ0) is 24.1. The van der Waals surface area contributed by atoms with Crippen molar-refractivity contribution in [2.45, 2.75) is 24.1 Å². The average Bonchev–Trinajstić information content (AvgIpc) is 3.21. The van der Waals surface area contributed by atoms with E-state index in [0.29, 0.717) is 13.1 Å². The van der Waals surface area contributed by atoms with E-state index >= 15 is 0 Å². The van der Waals surface area contributed by atoms with Crippen LogP contribution in [0.4, 0.5) is 23.2 Å². The summed E-state index contributed by atoms with van der Waals surface area (Å²) in [6.45, 7) is 1.77. The number of hydrogen-bond acceptors (Lipinski definition) is 5. The van der Waals surface area contributed by atoms with Crippen LogP contribution in [0, 0.1) is 11.7 Å². The lowest BCUT2D eigenvalue weighted by molar-refractivity contribution is -0.274. The van der Waals surface area contributed by atoms with Crippen molar-refractivity contribution < 1.29 is 35.5 Å². The summed E-state index contributed by atoms with van der Waals surface area (Å²) in [6, 6.07) is 9.97. The third-order valence-electron chi connectivity index (χ3n) is 5.08. The highest BCUT2D eigenvalue weighted by Crippen LogP contribution is 2.24. The van der Waals surface area contributed by atoms with Gasteiger partial charge in [0.25, 0.3) is 0 Å². The van der Waals surface area contributed by atoms with Crippen LogP contribution in [-0.4, -0.2) is 46.9 Å². The van der Waals surface area contributed by atoms with E-state index < -0.39 is 22.1 Å². The second-order valence-electron chi connectivity index (χ2n) is 7.55. The van der Waals surface area contributed by atoms with E-state index in [0.717, 1.165) is 42.9 Å². The maximum Gasteiger partial charge on any atom is 0.573 e. The van der Waals surface area contributed by atoms with Crippen molar-refractivity contribution in [1.29, 1.82) is 0 Å². The van der Waals surface area contributed by atoms with Crippen molar-refractivity contribution in [3.8, 4) is 5.75 Å². The molecule has 2 aromatic rings. The molecular formula is C21H23F4N3O4S. The summed E-state index contributed by atoms with van der Waals surface area (Å²) in [5.41, 5.74) is 0.914. The number of alkyl halides is 3. The average molecular weight is 489 g/mol. The molecule has 180 valence electrons. The zero-order valence-corrected chi connectivity index (χ0v) is 18.3. The maximum atomic E-state index is 13.1. The van der Waals surface area contributed by atoms with E-state index in [1.807, 2.05) is 0 Å². The quantitative estimate of drug-likeness (QED) is 0.529. The largest absolute Gasteiger partial charge is 0.573 e. The van der Waals surface area contributed by atoms with Gasteiger partial charge in [-0.15, -0.1) is 13.2 Å². The summed E-state index contributed by atoms with van der Waals surface area (Å²) in [6.07, 6.45) is -4.11. The van der Waals surface area contributed by atoms with Gasteiger partial charge in [-0.05, 0) is 60.9 Å². The molecule has 1 atom stereocenters. The van der Waals surface area contributed by atoms with Crippen LogP contribution in [0.1, 0.15) is 12.8 Å². The Balaban J connectivity index is 1.39. The number of carbonyl (C=O) groups excluding carboxylic acids is 1. The fraction of sp³-hybridized carbons (Fsp3) is 0.381. The van der Waals surface area contributed by atoms with Gasteiger partial charge in [0.1, 0.15) is 11.6 Å². The molecule has 7 nitrogen and oxygen atoms in total. The maximum absolute atomic E-state index is 13.1. The van der Waals surface area contributed by atoms with Crippen molar-refractivity contribution >= 4 is 21.6 Å². The van der Waals surface area contributed by atoms with Crippen LogP contribution in [0.5, 0.6) is 5.75 Å². The van der Waals surface area contributed by atoms with E-state index in [1.54, 1.807) is 12.1 Å². The number of anilines is 1. The van der Waals surface area contributed by atoms with Crippen LogP contribution >= 0.6 is 0 Å². The van der Waals surface area contributed by atoms with Gasteiger partial charge in [0.2, 0.25) is 15.9 Å². The lowest BCUT2D eigenvalue weighted by Gasteiger charge is -2.18. The topological polar surface area (TPSA) is 87.7 Å². The summed E-state index contributed by atoms with van der Waals surface area (Å²) in [5, 5.41) is 2.78. The molecule has 1 aliphatic rings. The van der Waals surface area contributed by atoms with Gasteiger partial charge in [0, 0.05) is 38.3 Å². The SMILES string of the molecule is O=C(CCNS(=O)(=O)c1ccc(OC(F)(F)F)cc1)NCC1CCN(c2ccc(F)cc2)C1. The molecule has 0 spiro atoms. The Hall–Kier alpha value is -2.86. The summed E-state index contributed by atoms with van der Waals surface area (Å²) < 4.78 is 80.0. The van der Waals surface area contributed by atoms with Crippen molar-refractivity contribution in [2.24, 2.45) is 5.92 Å². The summed E-state index contributed by atoms with van der Waals surface area (Å²) in [4.78, 5) is 13.9. The number of nitrogens with zero attached hydrogens (tertiary/aromatic N) is 1. The van der Waals surface area contributed by atoms with Crippen molar-refractivity contribution in [3.05, 3.63) is 54.3 Å². The lowest BCUT2D eigenvalue weighted by Crippen LogP contribution is -2.34. The highest BCUT2D eigenvalue weighted by molar-refractivity contribution is 7.89. The van der Waals surface area contributed by atoms with Gasteiger partial charge in [-0.3, -0.25) is 4.79 Å². The lowest BCUT2D eigenvalue weighted by atomic mass is 10.1. The Morgan fingerprint density at radius 3 is 2.39 bits per heavy atom. The first-order valence-electron chi connectivity index (χ1n) is 10.1. The predicted octanol–water partition coefficient (Wildman–Crippen LogP) is 3.04. The van der Waals surface area contributed by atoms with Gasteiger partial charge in [0.05, 0.1) is 4.90 Å². The van der Waals surface area contributed by atoms with E-state index in [2.05, 4.69) is 19.7 Å². The Kier molecular flexibility index (Phi) is 7.80. The second-order valence-corrected chi connectivity index (χ2v) is 9.32. The molecule has 0 bridgehead atoms. The van der Waals surface area contributed by atoms with Crippen LogP contribution in [0.25, 0.3) is 0 Å². The number of amides is 1. The first kappa shape index (κ1) is 24.8. The first-order chi connectivity index (χ1) is 15.5. The molecule has 1 saturated heterocycles. The number of hydrogen-bond donors (Lipinski definition) is 2. The number of carbonyl (C=O) groups is 1. The minimum Gasteiger partial charge on any atom is -0.406 e. The van der Waals surface area contributed by atoms with Crippen molar-refractivity contribution in [1.82, 2.24) is 10.0 Å². The van der Waals surface area contributed by atoms with Crippen LogP contribution in [-0.2, 0) is 14.8 Å². The van der Waals surface area contributed by atoms with Crippen molar-refractivity contribution in [3.63, 3.8) is 0 Å². The smallest absolute Gasteiger partial charge is 0.406 e. The molecule has 1 fully saturated rings. The standard InChI is InChI=1S/C21H23F4N3O4S/c22-16-1-3-17(4-2-16)28-12-10-15(14-28)13-26-20(29)9-11-27-33(30,31)19-7-5-18(6-8-19)32-21(23,24)25/h1-8,15,27H,9-14H2,(H,26,29). The van der Waals surface area contributed by atoms with Crippen LogP contribution in [0.2, 0.25) is 0 Å². The number of nitrogens with one attached hydrogen (secondary N) is 2. The van der Waals surface area contributed by atoms with E-state index in [-0.39, 0.29) is 35.5 Å². The number of benzene rings is 2. The van der Waals surface area contributed by atoms with E-state index in [1.165, 1.54) is 12.1 Å². The molecule has 3 rings (SSSR count). The number of ether oxygens (including phenoxy) is 1. The molecule has 33 heavy (non-hydrogen) atoms. The summed E-state index contributed by atoms with van der Waals surface area (Å²) in [5.74, 6) is -0.949. The third kappa shape index (κ3) is 7.60. The fourth-order valence-corrected chi connectivity index (χ4v) is 4.47. The van der Waals surface area contributed by atoms with Gasteiger partial charge in [0.15, 0.2) is 0 Å². The van der Waals surface area contributed by atoms with Gasteiger partial charge in [-0.2, -0.15) is 0 Å². The van der Waals surface area contributed by atoms with Gasteiger partial charge in [-0.1, -0.05) is 0 Å². The molecule has 0 radical (unpaired) electrons. The number of sulfonamides is 1. The molecular weight excluding hydrogens is 466 g/mol.